The largest absolute Gasteiger partial charge is 0.482 e. The maximum atomic E-state index is 12.4. The number of amides is 1. The Bertz CT molecular complexity index is 1490. The molecule has 7 heteroatoms. The molecule has 38 heavy (non-hydrogen) atoms. The molecule has 4 rings (SSSR count). The third kappa shape index (κ3) is 6.11. The van der Waals surface area contributed by atoms with Crippen molar-refractivity contribution >= 4 is 22.8 Å². The Morgan fingerprint density at radius 1 is 0.921 bits per heavy atom. The number of hydrogen-bond donors (Lipinski definition) is 1. The smallest absolute Gasteiger partial charge is 0.349 e. The molecule has 4 aromatic rings. The zero-order valence-corrected chi connectivity index (χ0v) is 21.9. The number of hydrogen-bond acceptors (Lipinski definition) is 6. The van der Waals surface area contributed by atoms with Crippen molar-refractivity contribution in [2.75, 3.05) is 6.61 Å². The van der Waals surface area contributed by atoms with Gasteiger partial charge in [-0.3, -0.25) is 4.79 Å². The predicted octanol–water partition coefficient (Wildman–Crippen LogP) is 5.63. The van der Waals surface area contributed by atoms with Crippen LogP contribution in [0, 0.1) is 0 Å². The van der Waals surface area contributed by atoms with Crippen molar-refractivity contribution in [3.63, 3.8) is 0 Å². The van der Waals surface area contributed by atoms with Crippen molar-refractivity contribution in [2.45, 2.75) is 45.6 Å². The number of ether oxygens (including phenoxy) is 2. The van der Waals surface area contributed by atoms with E-state index in [0.29, 0.717) is 11.1 Å². The molecule has 0 saturated heterocycles. The number of benzene rings is 3. The van der Waals surface area contributed by atoms with Gasteiger partial charge < -0.3 is 19.2 Å². The van der Waals surface area contributed by atoms with Crippen LogP contribution in [0.3, 0.4) is 0 Å². The van der Waals surface area contributed by atoms with Crippen LogP contribution >= 0.6 is 0 Å². The van der Waals surface area contributed by atoms with Crippen molar-refractivity contribution in [2.24, 2.45) is 0 Å². The van der Waals surface area contributed by atoms with E-state index < -0.39 is 17.5 Å². The van der Waals surface area contributed by atoms with Gasteiger partial charge >= 0.3 is 11.6 Å². The fourth-order valence-corrected chi connectivity index (χ4v) is 4.01. The van der Waals surface area contributed by atoms with Crippen molar-refractivity contribution in [3.8, 4) is 11.5 Å². The van der Waals surface area contributed by atoms with Crippen molar-refractivity contribution in [3.05, 3.63) is 106 Å². The summed E-state index contributed by atoms with van der Waals surface area (Å²) in [6.45, 7) is 7.81. The molecule has 196 valence electrons. The fourth-order valence-electron chi connectivity index (χ4n) is 4.01. The first kappa shape index (κ1) is 26.7. The van der Waals surface area contributed by atoms with Crippen LogP contribution in [0.4, 0.5) is 0 Å². The minimum atomic E-state index is -0.760. The van der Waals surface area contributed by atoms with E-state index in [9.17, 15) is 14.4 Å². The van der Waals surface area contributed by atoms with Crippen LogP contribution in [0.5, 0.6) is 11.5 Å². The summed E-state index contributed by atoms with van der Waals surface area (Å²) in [7, 11) is 0. The molecule has 1 heterocycles. The number of carbonyl (C=O) groups excluding carboxylic acids is 2. The van der Waals surface area contributed by atoms with E-state index in [2.05, 4.69) is 31.3 Å². The van der Waals surface area contributed by atoms with E-state index in [1.54, 1.807) is 12.1 Å². The molecule has 1 unspecified atom stereocenters. The van der Waals surface area contributed by atoms with Gasteiger partial charge in [0.1, 0.15) is 22.6 Å². The normalized spacial score (nSPS) is 12.1. The van der Waals surface area contributed by atoms with Crippen LogP contribution in [0.1, 0.15) is 55.6 Å². The molecule has 0 aliphatic heterocycles. The molecular formula is C31H31NO6. The summed E-state index contributed by atoms with van der Waals surface area (Å²) in [5.41, 5.74) is 1.52. The molecule has 0 aliphatic carbocycles. The quantitative estimate of drug-likeness (QED) is 0.177. The molecule has 1 atom stereocenters. The summed E-state index contributed by atoms with van der Waals surface area (Å²) in [6, 6.07) is 23.9. The lowest BCUT2D eigenvalue weighted by Crippen LogP contribution is -2.34. The Labute approximate surface area is 221 Å². The first-order chi connectivity index (χ1) is 18.2. The van der Waals surface area contributed by atoms with E-state index in [4.69, 9.17) is 13.9 Å². The number of carbonyl (C=O) groups is 2. The molecule has 0 saturated carbocycles. The molecule has 7 nitrogen and oxygen atoms in total. The molecule has 0 aliphatic rings. The molecule has 3 aromatic carbocycles. The minimum absolute atomic E-state index is 0.0688. The van der Waals surface area contributed by atoms with E-state index >= 15 is 0 Å². The lowest BCUT2D eigenvalue weighted by Gasteiger charge is -2.26. The first-order valence-corrected chi connectivity index (χ1v) is 12.6. The van der Waals surface area contributed by atoms with Crippen LogP contribution in [-0.2, 0) is 10.2 Å². The maximum absolute atomic E-state index is 12.4. The van der Waals surface area contributed by atoms with Crippen molar-refractivity contribution in [1.29, 1.82) is 0 Å². The predicted molar refractivity (Wildman–Crippen MR) is 146 cm³/mol. The molecule has 0 spiro atoms. The van der Waals surface area contributed by atoms with Crippen molar-refractivity contribution < 1.29 is 23.5 Å². The standard InChI is InChI=1S/C31H31NO6/c1-5-20(2)32-29(34)26-17-21-11-14-25(18-27(21)38-30(26)35)37-28(33)19-36-24-15-12-23(13-16-24)31(3,4)22-9-7-6-8-10-22/h6-18,20H,5,19H2,1-4H3,(H,32,34). The highest BCUT2D eigenvalue weighted by molar-refractivity contribution is 5.97. The second-order valence-corrected chi connectivity index (χ2v) is 9.71. The van der Waals surface area contributed by atoms with E-state index in [-0.39, 0.29) is 35.0 Å². The average Bonchev–Trinajstić information content (AvgIpc) is 2.92. The van der Waals surface area contributed by atoms with Crippen LogP contribution in [0.25, 0.3) is 11.0 Å². The van der Waals surface area contributed by atoms with Crippen molar-refractivity contribution in [1.82, 2.24) is 5.32 Å². The molecule has 1 N–H and O–H groups in total. The van der Waals surface area contributed by atoms with E-state index in [0.717, 1.165) is 12.0 Å². The summed E-state index contributed by atoms with van der Waals surface area (Å²) in [6.07, 6.45) is 0.737. The zero-order chi connectivity index (χ0) is 27.3. The monoisotopic (exact) mass is 513 g/mol. The number of fused-ring (bicyclic) bond motifs is 1. The Morgan fingerprint density at radius 3 is 2.26 bits per heavy atom. The van der Waals surface area contributed by atoms with Gasteiger partial charge in [0.15, 0.2) is 6.61 Å². The van der Waals surface area contributed by atoms with E-state index in [1.165, 1.54) is 17.7 Å². The molecule has 0 bridgehead atoms. The topological polar surface area (TPSA) is 94.8 Å². The SMILES string of the molecule is CCC(C)NC(=O)c1cc2ccc(OC(=O)COc3ccc(C(C)(C)c4ccccc4)cc3)cc2oc1=O. The van der Waals surface area contributed by atoms with Gasteiger partial charge in [-0.05, 0) is 54.8 Å². The molecule has 0 radical (unpaired) electrons. The van der Waals surface area contributed by atoms with Gasteiger partial charge in [0.2, 0.25) is 0 Å². The third-order valence-electron chi connectivity index (χ3n) is 6.60. The molecular weight excluding hydrogens is 482 g/mol. The number of nitrogens with one attached hydrogen (secondary N) is 1. The van der Waals surface area contributed by atoms with Gasteiger partial charge in [0.25, 0.3) is 5.91 Å². The van der Waals surface area contributed by atoms with Gasteiger partial charge in [-0.1, -0.05) is 63.2 Å². The lowest BCUT2D eigenvalue weighted by molar-refractivity contribution is -0.136. The highest BCUT2D eigenvalue weighted by Gasteiger charge is 2.23. The van der Waals surface area contributed by atoms with Gasteiger partial charge in [-0.25, -0.2) is 9.59 Å². The number of rotatable bonds is 9. The Balaban J connectivity index is 1.38. The Hall–Kier alpha value is -4.39. The molecule has 1 amide bonds. The summed E-state index contributed by atoms with van der Waals surface area (Å²) in [4.78, 5) is 37.1. The molecule has 0 fully saturated rings. The van der Waals surface area contributed by atoms with Gasteiger partial charge in [0, 0.05) is 22.9 Å². The van der Waals surface area contributed by atoms with E-state index in [1.807, 2.05) is 56.3 Å². The minimum Gasteiger partial charge on any atom is -0.482 e. The molecule has 1 aromatic heterocycles. The first-order valence-electron chi connectivity index (χ1n) is 12.6. The Morgan fingerprint density at radius 2 is 1.58 bits per heavy atom. The summed E-state index contributed by atoms with van der Waals surface area (Å²) in [5, 5.41) is 3.29. The summed E-state index contributed by atoms with van der Waals surface area (Å²) < 4.78 is 16.3. The van der Waals surface area contributed by atoms with Crippen LogP contribution in [0.15, 0.2) is 88.1 Å². The van der Waals surface area contributed by atoms with Gasteiger partial charge in [-0.2, -0.15) is 0 Å². The summed E-state index contributed by atoms with van der Waals surface area (Å²) >= 11 is 0. The Kier molecular flexibility index (Phi) is 7.96. The van der Waals surface area contributed by atoms with Gasteiger partial charge in [0.05, 0.1) is 0 Å². The second-order valence-electron chi connectivity index (χ2n) is 9.71. The second kappa shape index (κ2) is 11.3. The van der Waals surface area contributed by atoms with Crippen LogP contribution < -0.4 is 20.4 Å². The third-order valence-corrected chi connectivity index (χ3v) is 6.60. The maximum Gasteiger partial charge on any atom is 0.349 e. The zero-order valence-electron chi connectivity index (χ0n) is 21.9. The van der Waals surface area contributed by atoms with Crippen LogP contribution in [0.2, 0.25) is 0 Å². The highest BCUT2D eigenvalue weighted by atomic mass is 16.6. The number of esters is 1. The highest BCUT2D eigenvalue weighted by Crippen LogP contribution is 2.32. The lowest BCUT2D eigenvalue weighted by atomic mass is 9.78. The van der Waals surface area contributed by atoms with Crippen LogP contribution in [-0.4, -0.2) is 24.5 Å². The fraction of sp³-hybridized carbons (Fsp3) is 0.258. The summed E-state index contributed by atoms with van der Waals surface area (Å²) in [5.74, 6) is -0.350. The van der Waals surface area contributed by atoms with Gasteiger partial charge in [-0.15, -0.1) is 0 Å². The average molecular weight is 514 g/mol.